The van der Waals surface area contributed by atoms with Crippen LogP contribution in [0.15, 0.2) is 22.9 Å². The number of anilines is 1. The molecule has 1 N–H and O–H groups in total. The van der Waals surface area contributed by atoms with Gasteiger partial charge in [-0.25, -0.2) is 13.4 Å². The van der Waals surface area contributed by atoms with Gasteiger partial charge in [0.25, 0.3) is 0 Å². The monoisotopic (exact) mass is 289 g/mol. The van der Waals surface area contributed by atoms with Crippen LogP contribution in [0.4, 0.5) is 5.69 Å². The molecule has 7 heteroatoms. The largest absolute Gasteiger partial charge is 0.282 e. The average Bonchev–Trinajstić information content (AvgIpc) is 2.15. The first kappa shape index (κ1) is 11.9. The van der Waals surface area contributed by atoms with Gasteiger partial charge in [0.1, 0.15) is 4.60 Å². The fourth-order valence-corrected chi connectivity index (χ4v) is 1.92. The molecule has 0 aromatic carbocycles. The topological polar surface area (TPSA) is 82.8 Å². The number of nitrogens with zero attached hydrogens (tertiary/aromatic N) is 2. The molecule has 5 nitrogen and oxygen atoms in total. The van der Waals surface area contributed by atoms with Crippen molar-refractivity contribution in [1.29, 1.82) is 5.26 Å². The first-order valence-electron chi connectivity index (χ1n) is 3.98. The molecule has 0 aliphatic carbocycles. The Bertz CT molecular complexity index is 495. The summed E-state index contributed by atoms with van der Waals surface area (Å²) in [5.41, 5.74) is 0.374. The molecule has 0 spiro atoms. The fraction of sp³-hybridized carbons (Fsp3) is 0.250. The Morgan fingerprint density at radius 2 is 2.33 bits per heavy atom. The van der Waals surface area contributed by atoms with Crippen molar-refractivity contribution in [3.63, 3.8) is 0 Å². The van der Waals surface area contributed by atoms with E-state index in [1.54, 1.807) is 6.07 Å². The van der Waals surface area contributed by atoms with Gasteiger partial charge in [-0.15, -0.1) is 0 Å². The fourth-order valence-electron chi connectivity index (χ4n) is 0.788. The molecular formula is C8H8BrN3O2S. The second-order valence-electron chi connectivity index (χ2n) is 2.79. The SMILES string of the molecule is CC(C#N)S(=O)(=O)Nc1ccnc(Br)c1. The number of hydrogen-bond donors (Lipinski definition) is 1. The third-order valence-electron chi connectivity index (χ3n) is 1.63. The summed E-state index contributed by atoms with van der Waals surface area (Å²) in [6.07, 6.45) is 1.46. The van der Waals surface area contributed by atoms with E-state index in [4.69, 9.17) is 5.26 Å². The molecule has 0 aliphatic rings. The highest BCUT2D eigenvalue weighted by Crippen LogP contribution is 2.15. The predicted octanol–water partition coefficient (Wildman–Crippen LogP) is 1.50. The van der Waals surface area contributed by atoms with Crippen molar-refractivity contribution < 1.29 is 8.42 Å². The molecule has 0 amide bonds. The smallest absolute Gasteiger partial charge is 0.248 e. The lowest BCUT2D eigenvalue weighted by atomic mass is 10.4. The molecule has 15 heavy (non-hydrogen) atoms. The van der Waals surface area contributed by atoms with E-state index in [2.05, 4.69) is 25.6 Å². The lowest BCUT2D eigenvalue weighted by Crippen LogP contribution is -2.23. The lowest BCUT2D eigenvalue weighted by Gasteiger charge is -2.08. The minimum Gasteiger partial charge on any atom is -0.282 e. The Kier molecular flexibility index (Phi) is 3.66. The van der Waals surface area contributed by atoms with E-state index in [1.165, 1.54) is 25.3 Å². The van der Waals surface area contributed by atoms with Gasteiger partial charge in [0.05, 0.1) is 11.8 Å². The molecule has 0 fully saturated rings. The van der Waals surface area contributed by atoms with Crippen LogP contribution in [0.2, 0.25) is 0 Å². The highest BCUT2D eigenvalue weighted by molar-refractivity contribution is 9.10. The van der Waals surface area contributed by atoms with E-state index in [1.807, 2.05) is 0 Å². The van der Waals surface area contributed by atoms with Crippen molar-refractivity contribution in [3.05, 3.63) is 22.9 Å². The first-order valence-corrected chi connectivity index (χ1v) is 6.32. The maximum atomic E-state index is 11.5. The molecule has 1 heterocycles. The van der Waals surface area contributed by atoms with Gasteiger partial charge in [0.15, 0.2) is 5.25 Å². The minimum absolute atomic E-state index is 0.374. The number of pyridine rings is 1. The molecular weight excluding hydrogens is 282 g/mol. The molecule has 1 unspecified atom stereocenters. The molecule has 0 saturated heterocycles. The molecule has 80 valence electrons. The van der Waals surface area contributed by atoms with Crippen LogP contribution in [0.1, 0.15) is 6.92 Å². The van der Waals surface area contributed by atoms with Crippen molar-refractivity contribution in [3.8, 4) is 6.07 Å². The molecule has 1 atom stereocenters. The summed E-state index contributed by atoms with van der Waals surface area (Å²) in [7, 11) is -3.64. The number of halogens is 1. The normalized spacial score (nSPS) is 12.9. The van der Waals surface area contributed by atoms with Gasteiger partial charge in [-0.3, -0.25) is 4.72 Å². The molecule has 0 saturated carbocycles. The number of nitriles is 1. The van der Waals surface area contributed by atoms with Gasteiger partial charge in [0, 0.05) is 6.20 Å². The lowest BCUT2D eigenvalue weighted by molar-refractivity contribution is 0.597. The zero-order chi connectivity index (χ0) is 11.5. The molecule has 1 aromatic rings. The summed E-state index contributed by atoms with van der Waals surface area (Å²) in [5, 5.41) is 7.42. The molecule has 0 radical (unpaired) electrons. The van der Waals surface area contributed by atoms with Crippen LogP contribution in [0.3, 0.4) is 0 Å². The second kappa shape index (κ2) is 4.59. The van der Waals surface area contributed by atoms with E-state index >= 15 is 0 Å². The Morgan fingerprint density at radius 1 is 1.67 bits per heavy atom. The predicted molar refractivity (Wildman–Crippen MR) is 59.6 cm³/mol. The zero-order valence-corrected chi connectivity index (χ0v) is 10.2. The van der Waals surface area contributed by atoms with E-state index in [-0.39, 0.29) is 0 Å². The second-order valence-corrected chi connectivity index (χ2v) is 5.60. The Hall–Kier alpha value is -1.13. The zero-order valence-electron chi connectivity index (χ0n) is 7.81. The molecule has 0 aliphatic heterocycles. The molecule has 1 rings (SSSR count). The maximum Gasteiger partial charge on any atom is 0.248 e. The van der Waals surface area contributed by atoms with E-state index in [9.17, 15) is 8.42 Å². The Balaban J connectivity index is 2.93. The van der Waals surface area contributed by atoms with Gasteiger partial charge < -0.3 is 0 Å². The van der Waals surface area contributed by atoms with Gasteiger partial charge in [-0.05, 0) is 35.0 Å². The minimum atomic E-state index is -3.64. The Labute approximate surface area is 96.3 Å². The van der Waals surface area contributed by atoms with Gasteiger partial charge in [-0.1, -0.05) is 0 Å². The third kappa shape index (κ3) is 3.18. The summed E-state index contributed by atoms with van der Waals surface area (Å²) in [4.78, 5) is 3.85. The summed E-state index contributed by atoms with van der Waals surface area (Å²) in [6, 6.07) is 4.68. The van der Waals surface area contributed by atoms with E-state index in [0.29, 0.717) is 10.3 Å². The number of nitrogens with one attached hydrogen (secondary N) is 1. The van der Waals surface area contributed by atoms with Crippen LogP contribution in [0.25, 0.3) is 0 Å². The number of aromatic nitrogens is 1. The molecule has 0 bridgehead atoms. The number of rotatable bonds is 3. The van der Waals surface area contributed by atoms with Crippen molar-refractivity contribution in [2.45, 2.75) is 12.2 Å². The van der Waals surface area contributed by atoms with E-state index < -0.39 is 15.3 Å². The van der Waals surface area contributed by atoms with Crippen molar-refractivity contribution in [2.75, 3.05) is 4.72 Å². The number of sulfonamides is 1. The van der Waals surface area contributed by atoms with Gasteiger partial charge in [-0.2, -0.15) is 5.26 Å². The summed E-state index contributed by atoms with van der Waals surface area (Å²) in [5.74, 6) is 0. The van der Waals surface area contributed by atoms with Crippen molar-refractivity contribution in [1.82, 2.24) is 4.98 Å². The van der Waals surface area contributed by atoms with Crippen LogP contribution < -0.4 is 4.72 Å². The number of hydrogen-bond acceptors (Lipinski definition) is 4. The van der Waals surface area contributed by atoms with Crippen LogP contribution in [0.5, 0.6) is 0 Å². The van der Waals surface area contributed by atoms with Crippen LogP contribution in [-0.4, -0.2) is 18.7 Å². The Morgan fingerprint density at radius 3 is 2.87 bits per heavy atom. The quantitative estimate of drug-likeness (QED) is 0.855. The van der Waals surface area contributed by atoms with Gasteiger partial charge in [0.2, 0.25) is 10.0 Å². The molecule has 1 aromatic heterocycles. The van der Waals surface area contributed by atoms with Crippen molar-refractivity contribution in [2.24, 2.45) is 0 Å². The van der Waals surface area contributed by atoms with Gasteiger partial charge >= 0.3 is 0 Å². The average molecular weight is 290 g/mol. The highest BCUT2D eigenvalue weighted by atomic mass is 79.9. The van der Waals surface area contributed by atoms with Crippen LogP contribution in [-0.2, 0) is 10.0 Å². The highest BCUT2D eigenvalue weighted by Gasteiger charge is 2.19. The standard InChI is InChI=1S/C8H8BrN3O2S/c1-6(5-10)15(13,14)12-7-2-3-11-8(9)4-7/h2-4,6H,1H3,(H,11,12). The third-order valence-corrected chi connectivity index (χ3v) is 3.62. The van der Waals surface area contributed by atoms with Crippen LogP contribution >= 0.6 is 15.9 Å². The first-order chi connectivity index (χ1) is 6.95. The summed E-state index contributed by atoms with van der Waals surface area (Å²) >= 11 is 3.11. The van der Waals surface area contributed by atoms with Crippen LogP contribution in [0, 0.1) is 11.3 Å². The summed E-state index contributed by atoms with van der Waals surface area (Å²) in [6.45, 7) is 1.32. The van der Waals surface area contributed by atoms with Crippen molar-refractivity contribution >= 4 is 31.6 Å². The van der Waals surface area contributed by atoms with E-state index in [0.717, 1.165) is 0 Å². The maximum absolute atomic E-state index is 11.5. The summed E-state index contributed by atoms with van der Waals surface area (Å²) < 4.78 is 25.8.